The molecule has 1 heterocycles. The van der Waals surface area contributed by atoms with E-state index in [0.717, 1.165) is 16.0 Å². The molecule has 1 rings (SSSR count). The van der Waals surface area contributed by atoms with Crippen molar-refractivity contribution in [1.29, 1.82) is 0 Å². The molecule has 17 heavy (non-hydrogen) atoms. The average Bonchev–Trinajstić information content (AvgIpc) is 2.21. The lowest BCUT2D eigenvalue weighted by Crippen LogP contribution is -2.25. The maximum absolute atomic E-state index is 5.69. The molecule has 0 atom stereocenters. The van der Waals surface area contributed by atoms with Crippen LogP contribution in [0.3, 0.4) is 0 Å². The van der Waals surface area contributed by atoms with Crippen LogP contribution in [0.25, 0.3) is 0 Å². The predicted molar refractivity (Wildman–Crippen MR) is 75.9 cm³/mol. The molecule has 0 fully saturated rings. The van der Waals surface area contributed by atoms with Crippen LogP contribution in [0.15, 0.2) is 4.47 Å². The van der Waals surface area contributed by atoms with Crippen molar-refractivity contribution in [2.45, 2.75) is 46.1 Å². The Morgan fingerprint density at radius 3 is 2.53 bits per heavy atom. The molecular weight excluding hydrogens is 300 g/mol. The molecule has 1 aromatic rings. The van der Waals surface area contributed by atoms with Crippen LogP contribution < -0.4 is 0 Å². The minimum atomic E-state index is -0.452. The van der Waals surface area contributed by atoms with Crippen LogP contribution >= 0.6 is 28.1 Å². The average molecular weight is 319 g/mol. The summed E-state index contributed by atoms with van der Waals surface area (Å²) in [7, 11) is 0. The van der Waals surface area contributed by atoms with Crippen LogP contribution in [0, 0.1) is 4.64 Å². The minimum Gasteiger partial charge on any atom is -0.368 e. The molecule has 0 aliphatic carbocycles. The van der Waals surface area contributed by atoms with Crippen molar-refractivity contribution in [2.24, 2.45) is 0 Å². The monoisotopic (exact) mass is 318 g/mol. The van der Waals surface area contributed by atoms with Gasteiger partial charge in [-0.05, 0) is 42.6 Å². The van der Waals surface area contributed by atoms with Gasteiger partial charge in [-0.1, -0.05) is 26.1 Å². The van der Waals surface area contributed by atoms with Gasteiger partial charge in [0, 0.05) is 12.3 Å². The lowest BCUT2D eigenvalue weighted by Gasteiger charge is -2.25. The molecule has 0 aliphatic rings. The molecular formula is C12H19BrN2OS. The third-order valence-corrected chi connectivity index (χ3v) is 3.90. The van der Waals surface area contributed by atoms with E-state index in [-0.39, 0.29) is 0 Å². The van der Waals surface area contributed by atoms with Crippen LogP contribution in [-0.4, -0.2) is 16.6 Å². The molecule has 0 saturated carbocycles. The number of rotatable bonds is 4. The van der Waals surface area contributed by atoms with E-state index >= 15 is 0 Å². The molecule has 0 radical (unpaired) electrons. The summed E-state index contributed by atoms with van der Waals surface area (Å²) in [6, 6.07) is 0. The van der Waals surface area contributed by atoms with Crippen LogP contribution in [0.1, 0.15) is 52.1 Å². The maximum atomic E-state index is 5.69. The lowest BCUT2D eigenvalue weighted by atomic mass is 10.1. The molecule has 0 aliphatic heterocycles. The summed E-state index contributed by atoms with van der Waals surface area (Å²) in [5.74, 6) is 1.13. The zero-order chi connectivity index (χ0) is 13.2. The fourth-order valence-electron chi connectivity index (χ4n) is 1.59. The number of halogens is 1. The van der Waals surface area contributed by atoms with Gasteiger partial charge in [0.05, 0.1) is 4.47 Å². The molecule has 96 valence electrons. The lowest BCUT2D eigenvalue weighted by molar-refractivity contribution is -0.0211. The summed E-state index contributed by atoms with van der Waals surface area (Å²) in [5, 5.41) is 0. The van der Waals surface area contributed by atoms with Gasteiger partial charge in [-0.2, -0.15) is 0 Å². The van der Waals surface area contributed by atoms with E-state index in [9.17, 15) is 0 Å². The second kappa shape index (κ2) is 5.59. The number of ether oxygens (including phenoxy) is 1. The molecule has 0 aromatic carbocycles. The summed E-state index contributed by atoms with van der Waals surface area (Å²) < 4.78 is 7.14. The van der Waals surface area contributed by atoms with Gasteiger partial charge < -0.3 is 9.72 Å². The fourth-order valence-corrected chi connectivity index (χ4v) is 2.44. The Bertz CT molecular complexity index is 454. The number of hydrogen-bond donors (Lipinski definition) is 1. The van der Waals surface area contributed by atoms with E-state index in [1.54, 1.807) is 0 Å². The largest absolute Gasteiger partial charge is 0.368 e. The first-order valence-corrected chi connectivity index (χ1v) is 6.93. The first-order valence-electron chi connectivity index (χ1n) is 5.73. The number of aromatic nitrogens is 2. The van der Waals surface area contributed by atoms with Crippen molar-refractivity contribution in [2.75, 3.05) is 6.61 Å². The highest BCUT2D eigenvalue weighted by atomic mass is 79.9. The van der Waals surface area contributed by atoms with Gasteiger partial charge in [0.1, 0.15) is 16.1 Å². The summed E-state index contributed by atoms with van der Waals surface area (Å²) in [5.41, 5.74) is 0.611. The van der Waals surface area contributed by atoms with E-state index in [1.807, 2.05) is 20.8 Å². The van der Waals surface area contributed by atoms with E-state index in [1.165, 1.54) is 0 Å². The van der Waals surface area contributed by atoms with Crippen LogP contribution in [0.5, 0.6) is 0 Å². The Labute approximate surface area is 116 Å². The Balaban J connectivity index is 3.33. The highest BCUT2D eigenvalue weighted by Crippen LogP contribution is 2.28. The summed E-state index contributed by atoms with van der Waals surface area (Å²) >= 11 is 8.75. The smallest absolute Gasteiger partial charge is 0.144 e. The molecule has 5 heteroatoms. The first-order chi connectivity index (χ1) is 7.79. The van der Waals surface area contributed by atoms with Crippen LogP contribution in [-0.2, 0) is 10.3 Å². The molecule has 0 saturated heterocycles. The third kappa shape index (κ3) is 3.36. The highest BCUT2D eigenvalue weighted by Gasteiger charge is 2.25. The van der Waals surface area contributed by atoms with E-state index in [2.05, 4.69) is 39.7 Å². The van der Waals surface area contributed by atoms with E-state index in [0.29, 0.717) is 17.2 Å². The van der Waals surface area contributed by atoms with Gasteiger partial charge in [0.15, 0.2) is 0 Å². The summed E-state index contributed by atoms with van der Waals surface area (Å²) in [6.07, 6.45) is 0. The zero-order valence-electron chi connectivity index (χ0n) is 10.9. The normalized spacial score (nSPS) is 12.2. The number of H-pyrrole nitrogens is 1. The summed E-state index contributed by atoms with van der Waals surface area (Å²) in [4.78, 5) is 7.72. The second-order valence-corrected chi connectivity index (χ2v) is 5.90. The van der Waals surface area contributed by atoms with Gasteiger partial charge in [-0.25, -0.2) is 4.98 Å². The Hall–Kier alpha value is -0.260. The van der Waals surface area contributed by atoms with E-state index < -0.39 is 5.60 Å². The van der Waals surface area contributed by atoms with Gasteiger partial charge in [-0.3, -0.25) is 0 Å². The molecule has 1 aromatic heterocycles. The molecule has 0 unspecified atom stereocenters. The fraction of sp³-hybridized carbons (Fsp3) is 0.667. The molecule has 0 bridgehead atoms. The number of hydrogen-bond acceptors (Lipinski definition) is 3. The Morgan fingerprint density at radius 1 is 1.47 bits per heavy atom. The molecule has 3 nitrogen and oxygen atoms in total. The number of aromatic amines is 1. The predicted octanol–water partition coefficient (Wildman–Crippen LogP) is 4.30. The number of nitrogens with zero attached hydrogens (tertiary/aromatic N) is 1. The van der Waals surface area contributed by atoms with Crippen molar-refractivity contribution in [3.8, 4) is 0 Å². The minimum absolute atomic E-state index is 0.352. The van der Waals surface area contributed by atoms with E-state index in [4.69, 9.17) is 17.0 Å². The summed E-state index contributed by atoms with van der Waals surface area (Å²) in [6.45, 7) is 10.8. The third-order valence-electron chi connectivity index (χ3n) is 2.54. The van der Waals surface area contributed by atoms with Gasteiger partial charge in [-0.15, -0.1) is 0 Å². The van der Waals surface area contributed by atoms with Crippen LogP contribution in [0.2, 0.25) is 0 Å². The standard InChI is InChI=1S/C12H19BrN2OS/c1-6-16-12(4,5)11-14-9(7(2)3)8(13)10(17)15-11/h7H,6H2,1-5H3,(H,14,15,17). The maximum Gasteiger partial charge on any atom is 0.144 e. The van der Waals surface area contributed by atoms with Gasteiger partial charge >= 0.3 is 0 Å². The SMILES string of the molecule is CCOC(C)(C)c1nc(=S)c(Br)c(C(C)C)[nH]1. The zero-order valence-corrected chi connectivity index (χ0v) is 13.3. The molecule has 1 N–H and O–H groups in total. The van der Waals surface area contributed by atoms with Crippen molar-refractivity contribution in [1.82, 2.24) is 9.97 Å². The Kier molecular flexibility index (Phi) is 4.86. The van der Waals surface area contributed by atoms with Crippen molar-refractivity contribution < 1.29 is 4.74 Å². The Morgan fingerprint density at radius 2 is 2.06 bits per heavy atom. The van der Waals surface area contributed by atoms with Crippen LogP contribution in [0.4, 0.5) is 0 Å². The molecule has 0 amide bonds. The van der Waals surface area contributed by atoms with Gasteiger partial charge in [0.2, 0.25) is 0 Å². The van der Waals surface area contributed by atoms with Crippen molar-refractivity contribution in [3.05, 3.63) is 20.6 Å². The topological polar surface area (TPSA) is 37.9 Å². The quantitative estimate of drug-likeness (QED) is 0.841. The second-order valence-electron chi connectivity index (χ2n) is 4.72. The van der Waals surface area contributed by atoms with Gasteiger partial charge in [0.25, 0.3) is 0 Å². The van der Waals surface area contributed by atoms with Crippen molar-refractivity contribution >= 4 is 28.1 Å². The van der Waals surface area contributed by atoms with Crippen molar-refractivity contribution in [3.63, 3.8) is 0 Å². The first kappa shape index (κ1) is 14.8. The highest BCUT2D eigenvalue weighted by molar-refractivity contribution is 9.10. The number of nitrogens with one attached hydrogen (secondary N) is 1. The molecule has 0 spiro atoms.